The van der Waals surface area contributed by atoms with Crippen molar-refractivity contribution in [1.29, 1.82) is 0 Å². The summed E-state index contributed by atoms with van der Waals surface area (Å²) in [5, 5.41) is 0. The molecule has 0 amide bonds. The number of piperidine rings is 1. The molecule has 96 valence electrons. The van der Waals surface area contributed by atoms with Crippen molar-refractivity contribution in [2.24, 2.45) is 5.41 Å². The second-order valence-corrected chi connectivity index (χ2v) is 5.25. The lowest BCUT2D eigenvalue weighted by Gasteiger charge is -2.41. The van der Waals surface area contributed by atoms with E-state index in [0.717, 1.165) is 24.7 Å². The molecule has 0 radical (unpaired) electrons. The molecule has 0 atom stereocenters. The first-order chi connectivity index (χ1) is 8.10. The highest BCUT2D eigenvalue weighted by molar-refractivity contribution is 5.59. The third-order valence-corrected chi connectivity index (χ3v) is 4.45. The molecule has 1 aromatic heterocycles. The Morgan fingerprint density at radius 1 is 1.29 bits per heavy atom. The second kappa shape index (κ2) is 4.59. The van der Waals surface area contributed by atoms with Crippen LogP contribution in [0, 0.1) is 12.3 Å². The molecule has 1 aromatic rings. The molecule has 4 heteroatoms. The molecular weight excluding hydrogens is 212 g/mol. The normalized spacial score (nSPS) is 19.6. The fourth-order valence-electron chi connectivity index (χ4n) is 2.89. The van der Waals surface area contributed by atoms with E-state index in [1.54, 1.807) is 0 Å². The largest absolute Gasteiger partial charge is 0.382 e. The Labute approximate surface area is 104 Å². The molecule has 0 spiro atoms. The molecule has 2 rings (SSSR count). The van der Waals surface area contributed by atoms with Gasteiger partial charge in [0.15, 0.2) is 5.82 Å². The van der Waals surface area contributed by atoms with Gasteiger partial charge >= 0.3 is 0 Å². The average molecular weight is 236 g/mol. The Morgan fingerprint density at radius 2 is 1.88 bits per heavy atom. The van der Waals surface area contributed by atoms with Gasteiger partial charge in [0, 0.05) is 13.1 Å². The summed E-state index contributed by atoms with van der Waals surface area (Å²) in [6.07, 6.45) is 5.08. The van der Waals surface area contributed by atoms with Crippen LogP contribution < -0.4 is 10.6 Å². The predicted octanol–water partition coefficient (Wildman–Crippen LogP) is 2.71. The zero-order valence-corrected chi connectivity index (χ0v) is 11.2. The van der Waals surface area contributed by atoms with E-state index in [1.165, 1.54) is 25.7 Å². The van der Waals surface area contributed by atoms with E-state index in [4.69, 9.17) is 5.73 Å². The van der Waals surface area contributed by atoms with Gasteiger partial charge in [-0.3, -0.25) is 0 Å². The van der Waals surface area contributed by atoms with Crippen LogP contribution in [0.4, 0.5) is 11.6 Å². The lowest BCUT2D eigenvalue weighted by Crippen LogP contribution is -2.40. The number of nitrogen functional groups attached to an aromatic ring is 1. The van der Waals surface area contributed by atoms with Crippen LogP contribution in [0.15, 0.2) is 0 Å². The van der Waals surface area contributed by atoms with Crippen molar-refractivity contribution < 1.29 is 0 Å². The zero-order chi connectivity index (χ0) is 12.5. The molecule has 3 N–H and O–H groups in total. The molecule has 1 aliphatic rings. The third kappa shape index (κ3) is 2.26. The van der Waals surface area contributed by atoms with Gasteiger partial charge in [0.2, 0.25) is 0 Å². The van der Waals surface area contributed by atoms with Crippen LogP contribution >= 0.6 is 0 Å². The summed E-state index contributed by atoms with van der Waals surface area (Å²) in [5.41, 5.74) is 6.50. The highest BCUT2D eigenvalue weighted by Gasteiger charge is 2.32. The van der Waals surface area contributed by atoms with Crippen LogP contribution in [0.3, 0.4) is 0 Å². The Bertz CT molecular complexity index is 369. The van der Waals surface area contributed by atoms with Gasteiger partial charge in [0.05, 0.1) is 0 Å². The number of aromatic nitrogens is 2. The number of aryl methyl sites for hydroxylation is 1. The van der Waals surface area contributed by atoms with Gasteiger partial charge in [0.25, 0.3) is 0 Å². The fourth-order valence-corrected chi connectivity index (χ4v) is 2.89. The quantitative estimate of drug-likeness (QED) is 0.848. The summed E-state index contributed by atoms with van der Waals surface area (Å²) < 4.78 is 0. The average Bonchev–Trinajstić information content (AvgIpc) is 2.69. The minimum Gasteiger partial charge on any atom is -0.382 e. The monoisotopic (exact) mass is 236 g/mol. The molecule has 4 nitrogen and oxygen atoms in total. The van der Waals surface area contributed by atoms with E-state index < -0.39 is 0 Å². The standard InChI is InChI=1S/C13H24N4/c1-4-13(5-2)6-8-17(9-7-13)12-11(14)15-10(3)16-12/h4-9,14H2,1-3H3,(H,15,16). The number of hydrogen-bond acceptors (Lipinski definition) is 3. The molecular formula is C13H24N4. The second-order valence-electron chi connectivity index (χ2n) is 5.25. The first-order valence-electron chi connectivity index (χ1n) is 6.67. The van der Waals surface area contributed by atoms with Gasteiger partial charge in [-0.25, -0.2) is 4.98 Å². The molecule has 2 heterocycles. The fraction of sp³-hybridized carbons (Fsp3) is 0.769. The van der Waals surface area contributed by atoms with E-state index in [2.05, 4.69) is 28.7 Å². The number of nitrogens with one attached hydrogen (secondary N) is 1. The van der Waals surface area contributed by atoms with E-state index in [0.29, 0.717) is 11.2 Å². The number of rotatable bonds is 3. The smallest absolute Gasteiger partial charge is 0.171 e. The van der Waals surface area contributed by atoms with Crippen LogP contribution in [0.2, 0.25) is 0 Å². The lowest BCUT2D eigenvalue weighted by molar-refractivity contribution is 0.199. The number of hydrogen-bond donors (Lipinski definition) is 2. The van der Waals surface area contributed by atoms with Gasteiger partial charge < -0.3 is 15.6 Å². The van der Waals surface area contributed by atoms with Gasteiger partial charge in [0.1, 0.15) is 11.6 Å². The Balaban J connectivity index is 2.06. The summed E-state index contributed by atoms with van der Waals surface area (Å²) in [6.45, 7) is 8.73. The first-order valence-corrected chi connectivity index (χ1v) is 6.67. The number of nitrogens with two attached hydrogens (primary N) is 1. The van der Waals surface area contributed by atoms with Crippen molar-refractivity contribution in [3.05, 3.63) is 5.82 Å². The Morgan fingerprint density at radius 3 is 2.29 bits per heavy atom. The summed E-state index contributed by atoms with van der Waals surface area (Å²) in [7, 11) is 0. The number of aromatic amines is 1. The van der Waals surface area contributed by atoms with Crippen LogP contribution in [-0.2, 0) is 0 Å². The maximum Gasteiger partial charge on any atom is 0.171 e. The third-order valence-electron chi connectivity index (χ3n) is 4.45. The van der Waals surface area contributed by atoms with E-state index in [-0.39, 0.29) is 0 Å². The summed E-state index contributed by atoms with van der Waals surface area (Å²) in [5.74, 6) is 2.56. The predicted molar refractivity (Wildman–Crippen MR) is 72.2 cm³/mol. The number of anilines is 2. The molecule has 0 aliphatic carbocycles. The highest BCUT2D eigenvalue weighted by atomic mass is 15.2. The van der Waals surface area contributed by atoms with E-state index >= 15 is 0 Å². The van der Waals surface area contributed by atoms with Crippen molar-refractivity contribution in [3.8, 4) is 0 Å². The molecule has 0 bridgehead atoms. The number of imidazole rings is 1. The first kappa shape index (κ1) is 12.3. The Kier molecular flexibility index (Phi) is 3.31. The zero-order valence-electron chi connectivity index (χ0n) is 11.2. The summed E-state index contributed by atoms with van der Waals surface area (Å²) in [6, 6.07) is 0. The Hall–Kier alpha value is -1.19. The van der Waals surface area contributed by atoms with Crippen LogP contribution in [0.1, 0.15) is 45.4 Å². The van der Waals surface area contributed by atoms with Crippen molar-refractivity contribution in [2.75, 3.05) is 23.7 Å². The van der Waals surface area contributed by atoms with E-state index in [1.807, 2.05) is 6.92 Å². The maximum absolute atomic E-state index is 5.95. The number of H-pyrrole nitrogens is 1. The molecule has 0 aromatic carbocycles. The van der Waals surface area contributed by atoms with Crippen molar-refractivity contribution in [1.82, 2.24) is 9.97 Å². The molecule has 0 saturated carbocycles. The molecule has 17 heavy (non-hydrogen) atoms. The van der Waals surface area contributed by atoms with Crippen molar-refractivity contribution in [3.63, 3.8) is 0 Å². The van der Waals surface area contributed by atoms with Gasteiger partial charge in [-0.15, -0.1) is 0 Å². The minimum absolute atomic E-state index is 0.552. The van der Waals surface area contributed by atoms with E-state index in [9.17, 15) is 0 Å². The molecule has 1 aliphatic heterocycles. The van der Waals surface area contributed by atoms with Gasteiger partial charge in [-0.2, -0.15) is 0 Å². The maximum atomic E-state index is 5.95. The van der Waals surface area contributed by atoms with Crippen LogP contribution in [-0.4, -0.2) is 23.1 Å². The summed E-state index contributed by atoms with van der Waals surface area (Å²) in [4.78, 5) is 9.88. The minimum atomic E-state index is 0.552. The van der Waals surface area contributed by atoms with Crippen molar-refractivity contribution in [2.45, 2.75) is 46.5 Å². The van der Waals surface area contributed by atoms with Gasteiger partial charge in [-0.1, -0.05) is 26.7 Å². The van der Waals surface area contributed by atoms with Crippen LogP contribution in [0.5, 0.6) is 0 Å². The lowest BCUT2D eigenvalue weighted by atomic mass is 9.74. The van der Waals surface area contributed by atoms with Gasteiger partial charge in [-0.05, 0) is 25.2 Å². The summed E-state index contributed by atoms with van der Waals surface area (Å²) >= 11 is 0. The molecule has 0 unspecified atom stereocenters. The highest BCUT2D eigenvalue weighted by Crippen LogP contribution is 2.39. The number of nitrogens with zero attached hydrogens (tertiary/aromatic N) is 2. The topological polar surface area (TPSA) is 57.9 Å². The molecule has 1 fully saturated rings. The molecule has 1 saturated heterocycles. The SMILES string of the molecule is CCC1(CC)CCN(c2nc(C)[nH]c2N)CC1. The van der Waals surface area contributed by atoms with Crippen molar-refractivity contribution >= 4 is 11.6 Å². The van der Waals surface area contributed by atoms with Crippen LogP contribution in [0.25, 0.3) is 0 Å².